The van der Waals surface area contributed by atoms with Gasteiger partial charge in [0.2, 0.25) is 0 Å². The Hall–Kier alpha value is 0.400. The highest BCUT2D eigenvalue weighted by Crippen LogP contribution is 2.35. The summed E-state index contributed by atoms with van der Waals surface area (Å²) in [5.41, 5.74) is 0. The van der Waals surface area contributed by atoms with Crippen molar-refractivity contribution in [2.45, 2.75) is 225 Å². The van der Waals surface area contributed by atoms with E-state index in [9.17, 15) is 4.57 Å². The fourth-order valence-electron chi connectivity index (χ4n) is 6.21. The molecule has 0 saturated heterocycles. The van der Waals surface area contributed by atoms with E-state index in [1.165, 1.54) is 205 Å². The van der Waals surface area contributed by atoms with Gasteiger partial charge >= 0.3 is 7.82 Å². The minimum atomic E-state index is -4.27. The number of hydrogen-bond acceptors (Lipinski definition) is 2. The van der Waals surface area contributed by atoms with Gasteiger partial charge in [-0.1, -0.05) is 212 Å². The average Bonchev–Trinajstić information content (AvgIpc) is 2.98. The van der Waals surface area contributed by atoms with E-state index < -0.39 is 7.82 Å². The minimum Gasteiger partial charge on any atom is -0.303 e. The van der Waals surface area contributed by atoms with Gasteiger partial charge in [0, 0.05) is 5.88 Å². The molecule has 4 nitrogen and oxygen atoms in total. The van der Waals surface area contributed by atoms with Crippen LogP contribution in [0.25, 0.3) is 0 Å². The van der Waals surface area contributed by atoms with Crippen LogP contribution in [0, 0.1) is 0 Å². The van der Waals surface area contributed by atoms with Crippen molar-refractivity contribution in [3.8, 4) is 0 Å². The van der Waals surface area contributed by atoms with Crippen molar-refractivity contribution in [2.24, 2.45) is 0 Å². The largest absolute Gasteiger partial charge is 0.469 e. The zero-order valence-electron chi connectivity index (χ0n) is 28.7. The lowest BCUT2D eigenvalue weighted by atomic mass is 10.0. The first kappa shape index (κ1) is 43.4. The minimum absolute atomic E-state index is 0.169. The fourth-order valence-corrected chi connectivity index (χ4v) is 6.77. The Morgan fingerprint density at radius 3 is 0.651 bits per heavy atom. The molecule has 6 heteroatoms. The van der Waals surface area contributed by atoms with E-state index >= 15 is 0 Å². The number of phosphoric acid groups is 1. The zero-order valence-corrected chi connectivity index (χ0v) is 30.3. The summed E-state index contributed by atoms with van der Waals surface area (Å²) in [5.74, 6) is 0.837. The maximum absolute atomic E-state index is 10.6. The molecule has 0 fully saturated rings. The molecular formula is C37H76ClO4P. The number of unbranched alkanes of at least 4 members (excludes halogenated alkanes) is 34. The van der Waals surface area contributed by atoms with Crippen molar-refractivity contribution >= 4 is 19.4 Å². The number of phosphoric ester groups is 1. The van der Waals surface area contributed by atoms with Crippen molar-refractivity contribution in [1.82, 2.24) is 0 Å². The van der Waals surface area contributed by atoms with Gasteiger partial charge < -0.3 is 9.79 Å². The van der Waals surface area contributed by atoms with E-state index in [0.717, 1.165) is 25.1 Å². The number of rotatable bonds is 38. The number of alkyl halides is 1. The highest BCUT2D eigenvalue weighted by atomic mass is 35.5. The standard InChI is InChI=1S/C37H76ClO4P/c38-36-34-32-30-28-26-24-22-20-18-16-14-12-10-8-6-4-2-1-3-5-7-9-11-13-15-17-19-21-23-25-27-29-31-33-35-37-42-43(39,40)41/h1-37H2,(H2,39,40,41). The maximum atomic E-state index is 10.6. The summed E-state index contributed by atoms with van der Waals surface area (Å²) >= 11 is 5.73. The van der Waals surface area contributed by atoms with Crippen LogP contribution >= 0.6 is 19.4 Å². The van der Waals surface area contributed by atoms with E-state index in [-0.39, 0.29) is 6.61 Å². The lowest BCUT2D eigenvalue weighted by molar-refractivity contribution is 0.193. The van der Waals surface area contributed by atoms with E-state index in [1.54, 1.807) is 0 Å². The van der Waals surface area contributed by atoms with Crippen LogP contribution in [0.3, 0.4) is 0 Å². The Bertz CT molecular complexity index is 557. The van der Waals surface area contributed by atoms with Gasteiger partial charge in [-0.15, -0.1) is 11.6 Å². The first-order valence-corrected chi connectivity index (χ1v) is 21.4. The van der Waals surface area contributed by atoms with Gasteiger partial charge in [-0.3, -0.25) is 4.52 Å². The SMILES string of the molecule is O=P(O)(O)OCCCCCCCCCCCCCCCCCCCCCCCCCCCCCCCCCCCCCCl. The van der Waals surface area contributed by atoms with E-state index in [4.69, 9.17) is 21.4 Å². The third kappa shape index (κ3) is 42.4. The molecule has 0 aromatic heterocycles. The molecule has 0 aromatic rings. The van der Waals surface area contributed by atoms with Crippen LogP contribution in [0.15, 0.2) is 0 Å². The van der Waals surface area contributed by atoms with Crippen LogP contribution in [-0.2, 0) is 9.09 Å². The maximum Gasteiger partial charge on any atom is 0.469 e. The highest BCUT2D eigenvalue weighted by molar-refractivity contribution is 7.46. The molecule has 0 rings (SSSR count). The predicted octanol–water partition coefficient (Wildman–Crippen LogP) is 14.0. The van der Waals surface area contributed by atoms with Gasteiger partial charge in [0.1, 0.15) is 0 Å². The summed E-state index contributed by atoms with van der Waals surface area (Å²) in [5, 5.41) is 0. The quantitative estimate of drug-likeness (QED) is 0.0396. The highest BCUT2D eigenvalue weighted by Gasteiger charge is 2.12. The summed E-state index contributed by atoms with van der Waals surface area (Å²) in [6.45, 7) is 0.169. The Kier molecular flexibility index (Phi) is 37.2. The molecule has 0 saturated carbocycles. The Balaban J connectivity index is 3.05. The summed E-state index contributed by atoms with van der Waals surface area (Å²) in [6.07, 6.45) is 48.1. The fraction of sp³-hybridized carbons (Fsp3) is 1.00. The van der Waals surface area contributed by atoms with E-state index in [1.807, 2.05) is 0 Å². The first-order valence-electron chi connectivity index (χ1n) is 19.3. The van der Waals surface area contributed by atoms with E-state index in [2.05, 4.69) is 4.52 Å². The van der Waals surface area contributed by atoms with Gasteiger partial charge in [0.25, 0.3) is 0 Å². The van der Waals surface area contributed by atoms with Crippen molar-refractivity contribution < 1.29 is 18.9 Å². The zero-order chi connectivity index (χ0) is 31.4. The van der Waals surface area contributed by atoms with E-state index in [0.29, 0.717) is 0 Å². The van der Waals surface area contributed by atoms with Gasteiger partial charge in [0.15, 0.2) is 0 Å². The normalized spacial score (nSPS) is 12.0. The molecule has 0 spiro atoms. The molecule has 0 aliphatic heterocycles. The monoisotopic (exact) mass is 651 g/mol. The molecule has 0 radical (unpaired) electrons. The van der Waals surface area contributed by atoms with Gasteiger partial charge in [-0.25, -0.2) is 4.57 Å². The molecule has 0 aliphatic carbocycles. The Morgan fingerprint density at radius 2 is 0.488 bits per heavy atom. The van der Waals surface area contributed by atoms with Crippen LogP contribution in [0.1, 0.15) is 225 Å². The molecule has 0 heterocycles. The van der Waals surface area contributed by atoms with Crippen molar-refractivity contribution in [3.05, 3.63) is 0 Å². The molecule has 260 valence electrons. The molecule has 43 heavy (non-hydrogen) atoms. The molecule has 0 amide bonds. The lowest BCUT2D eigenvalue weighted by Crippen LogP contribution is -1.92. The summed E-state index contributed by atoms with van der Waals surface area (Å²) < 4.78 is 15.1. The topological polar surface area (TPSA) is 66.8 Å². The average molecular weight is 651 g/mol. The molecule has 0 aliphatic rings. The second kappa shape index (κ2) is 36.9. The van der Waals surface area contributed by atoms with Gasteiger partial charge in [-0.2, -0.15) is 0 Å². The van der Waals surface area contributed by atoms with Crippen LogP contribution in [-0.4, -0.2) is 22.3 Å². The number of halogens is 1. The lowest BCUT2D eigenvalue weighted by Gasteiger charge is -2.05. The summed E-state index contributed by atoms with van der Waals surface area (Å²) in [4.78, 5) is 17.3. The second-order valence-electron chi connectivity index (χ2n) is 13.4. The Morgan fingerprint density at radius 1 is 0.326 bits per heavy atom. The van der Waals surface area contributed by atoms with Crippen molar-refractivity contribution in [1.29, 1.82) is 0 Å². The van der Waals surface area contributed by atoms with Gasteiger partial charge in [-0.05, 0) is 12.8 Å². The predicted molar refractivity (Wildman–Crippen MR) is 190 cm³/mol. The van der Waals surface area contributed by atoms with Crippen LogP contribution in [0.4, 0.5) is 0 Å². The van der Waals surface area contributed by atoms with Gasteiger partial charge in [0.05, 0.1) is 6.61 Å². The summed E-state index contributed by atoms with van der Waals surface area (Å²) in [7, 11) is -4.27. The summed E-state index contributed by atoms with van der Waals surface area (Å²) in [6, 6.07) is 0. The molecular weight excluding hydrogens is 575 g/mol. The molecule has 0 unspecified atom stereocenters. The second-order valence-corrected chi connectivity index (χ2v) is 15.0. The molecule has 2 N–H and O–H groups in total. The Labute approximate surface area is 274 Å². The molecule has 0 bridgehead atoms. The smallest absolute Gasteiger partial charge is 0.303 e. The van der Waals surface area contributed by atoms with Crippen molar-refractivity contribution in [3.63, 3.8) is 0 Å². The van der Waals surface area contributed by atoms with Crippen molar-refractivity contribution in [2.75, 3.05) is 12.5 Å². The van der Waals surface area contributed by atoms with Crippen LogP contribution in [0.5, 0.6) is 0 Å². The van der Waals surface area contributed by atoms with Crippen LogP contribution < -0.4 is 0 Å². The number of hydrogen-bond donors (Lipinski definition) is 2. The molecule has 0 atom stereocenters. The first-order chi connectivity index (χ1) is 21.1. The van der Waals surface area contributed by atoms with Crippen LogP contribution in [0.2, 0.25) is 0 Å². The molecule has 0 aromatic carbocycles. The third-order valence-corrected chi connectivity index (χ3v) is 9.82. The third-order valence-electron chi connectivity index (χ3n) is 9.04.